The average molecular weight is 275 g/mol. The van der Waals surface area contributed by atoms with Gasteiger partial charge in [-0.25, -0.2) is 4.79 Å². The van der Waals surface area contributed by atoms with E-state index in [1.54, 1.807) is 24.3 Å². The third-order valence-corrected chi connectivity index (χ3v) is 2.49. The fraction of sp³-hybridized carbons (Fsp3) is 0.333. The van der Waals surface area contributed by atoms with Crippen LogP contribution in [-0.2, 0) is 9.53 Å². The quantitative estimate of drug-likeness (QED) is 0.453. The Hall–Kier alpha value is -2.48. The molecule has 0 spiro atoms. The van der Waals surface area contributed by atoms with Crippen molar-refractivity contribution in [3.05, 3.63) is 29.3 Å². The SMILES string of the molecule is CCCOc1ccc(/C=C(\C#N)C(=O)OC)cc1OC. The van der Waals surface area contributed by atoms with E-state index in [1.807, 2.05) is 6.92 Å². The van der Waals surface area contributed by atoms with E-state index in [4.69, 9.17) is 14.7 Å². The number of methoxy groups -OCH3 is 2. The van der Waals surface area contributed by atoms with Crippen molar-refractivity contribution < 1.29 is 19.0 Å². The lowest BCUT2D eigenvalue weighted by atomic mass is 10.1. The molecule has 0 saturated carbocycles. The average Bonchev–Trinajstić information content (AvgIpc) is 2.50. The summed E-state index contributed by atoms with van der Waals surface area (Å²) in [7, 11) is 2.77. The number of nitrogens with zero attached hydrogens (tertiary/aromatic N) is 1. The molecule has 0 bridgehead atoms. The van der Waals surface area contributed by atoms with Gasteiger partial charge in [0, 0.05) is 0 Å². The van der Waals surface area contributed by atoms with Gasteiger partial charge in [0.05, 0.1) is 20.8 Å². The molecule has 0 unspecified atom stereocenters. The summed E-state index contributed by atoms with van der Waals surface area (Å²) in [4.78, 5) is 11.3. The third kappa shape index (κ3) is 4.02. The number of hydrogen-bond donors (Lipinski definition) is 0. The number of esters is 1. The van der Waals surface area contributed by atoms with Crippen LogP contribution in [-0.4, -0.2) is 26.8 Å². The molecule has 0 aliphatic rings. The molecule has 106 valence electrons. The predicted molar refractivity (Wildman–Crippen MR) is 74.4 cm³/mol. The van der Waals surface area contributed by atoms with Crippen LogP contribution in [0.4, 0.5) is 0 Å². The molecule has 1 aromatic carbocycles. The molecule has 5 nitrogen and oxygen atoms in total. The van der Waals surface area contributed by atoms with Crippen LogP contribution in [0.1, 0.15) is 18.9 Å². The first kappa shape index (κ1) is 15.6. The van der Waals surface area contributed by atoms with E-state index in [0.717, 1.165) is 6.42 Å². The molecular formula is C15H17NO4. The van der Waals surface area contributed by atoms with Gasteiger partial charge in [-0.05, 0) is 30.2 Å². The molecule has 0 fully saturated rings. The van der Waals surface area contributed by atoms with Gasteiger partial charge in [0.15, 0.2) is 11.5 Å². The molecular weight excluding hydrogens is 258 g/mol. The Labute approximate surface area is 118 Å². The summed E-state index contributed by atoms with van der Waals surface area (Å²) in [6.07, 6.45) is 2.34. The van der Waals surface area contributed by atoms with E-state index in [0.29, 0.717) is 23.7 Å². The van der Waals surface area contributed by atoms with Crippen LogP contribution < -0.4 is 9.47 Å². The lowest BCUT2D eigenvalue weighted by Gasteiger charge is -2.10. The number of nitriles is 1. The van der Waals surface area contributed by atoms with Gasteiger partial charge in [0.1, 0.15) is 11.6 Å². The molecule has 0 radical (unpaired) electrons. The van der Waals surface area contributed by atoms with Gasteiger partial charge in [-0.15, -0.1) is 0 Å². The highest BCUT2D eigenvalue weighted by molar-refractivity contribution is 5.97. The normalized spacial score (nSPS) is 10.6. The van der Waals surface area contributed by atoms with Crippen LogP contribution in [0.5, 0.6) is 11.5 Å². The third-order valence-electron chi connectivity index (χ3n) is 2.49. The second kappa shape index (κ2) is 7.85. The molecule has 5 heteroatoms. The van der Waals surface area contributed by atoms with Crippen molar-refractivity contribution in [1.29, 1.82) is 5.26 Å². The Balaban J connectivity index is 3.06. The van der Waals surface area contributed by atoms with E-state index in [-0.39, 0.29) is 5.57 Å². The Morgan fingerprint density at radius 2 is 2.10 bits per heavy atom. The van der Waals surface area contributed by atoms with Crippen molar-refractivity contribution in [1.82, 2.24) is 0 Å². The molecule has 0 heterocycles. The van der Waals surface area contributed by atoms with E-state index in [2.05, 4.69) is 4.74 Å². The smallest absolute Gasteiger partial charge is 0.348 e. The van der Waals surface area contributed by atoms with Gasteiger partial charge in [-0.1, -0.05) is 13.0 Å². The maximum atomic E-state index is 11.3. The molecule has 0 N–H and O–H groups in total. The molecule has 0 amide bonds. The minimum absolute atomic E-state index is 0.0724. The highest BCUT2D eigenvalue weighted by atomic mass is 16.5. The fourth-order valence-electron chi connectivity index (χ4n) is 1.52. The Bertz CT molecular complexity index is 543. The first-order valence-electron chi connectivity index (χ1n) is 6.17. The van der Waals surface area contributed by atoms with Crippen molar-refractivity contribution in [2.45, 2.75) is 13.3 Å². The fourth-order valence-corrected chi connectivity index (χ4v) is 1.52. The van der Waals surface area contributed by atoms with Crippen molar-refractivity contribution in [3.63, 3.8) is 0 Å². The zero-order chi connectivity index (χ0) is 15.0. The molecule has 20 heavy (non-hydrogen) atoms. The van der Waals surface area contributed by atoms with Gasteiger partial charge < -0.3 is 14.2 Å². The van der Waals surface area contributed by atoms with Crippen molar-refractivity contribution in [3.8, 4) is 17.6 Å². The topological polar surface area (TPSA) is 68.5 Å². The molecule has 0 aliphatic heterocycles. The summed E-state index contributed by atoms with van der Waals surface area (Å²) in [5.41, 5.74) is 0.587. The Morgan fingerprint density at radius 1 is 1.35 bits per heavy atom. The first-order valence-corrected chi connectivity index (χ1v) is 6.17. The standard InChI is InChI=1S/C15H17NO4/c1-4-7-20-13-6-5-11(9-14(13)18-2)8-12(10-16)15(17)19-3/h5-6,8-9H,4,7H2,1-3H3/b12-8+. The first-order chi connectivity index (χ1) is 9.65. The van der Waals surface area contributed by atoms with Crippen molar-refractivity contribution in [2.75, 3.05) is 20.8 Å². The van der Waals surface area contributed by atoms with Gasteiger partial charge in [-0.3, -0.25) is 0 Å². The summed E-state index contributed by atoms with van der Waals surface area (Å²) in [5, 5.41) is 8.91. The molecule has 1 rings (SSSR count). The summed E-state index contributed by atoms with van der Waals surface area (Å²) in [5.74, 6) is 0.509. The zero-order valence-corrected chi connectivity index (χ0v) is 11.8. The van der Waals surface area contributed by atoms with Crippen LogP contribution >= 0.6 is 0 Å². The molecule has 0 aliphatic carbocycles. The number of benzene rings is 1. The second-order valence-corrected chi connectivity index (χ2v) is 3.92. The summed E-state index contributed by atoms with van der Waals surface area (Å²) >= 11 is 0. The van der Waals surface area contributed by atoms with Crippen molar-refractivity contribution >= 4 is 12.0 Å². The minimum Gasteiger partial charge on any atom is -0.493 e. The van der Waals surface area contributed by atoms with Crippen LogP contribution in [0, 0.1) is 11.3 Å². The Kier molecular flexibility index (Phi) is 6.11. The largest absolute Gasteiger partial charge is 0.493 e. The number of hydrogen-bond acceptors (Lipinski definition) is 5. The highest BCUT2D eigenvalue weighted by Gasteiger charge is 2.10. The van der Waals surface area contributed by atoms with Crippen molar-refractivity contribution in [2.24, 2.45) is 0 Å². The minimum atomic E-state index is -0.669. The lowest BCUT2D eigenvalue weighted by molar-refractivity contribution is -0.135. The van der Waals surface area contributed by atoms with Crippen LogP contribution in [0.2, 0.25) is 0 Å². The predicted octanol–water partition coefficient (Wildman–Crippen LogP) is 2.56. The monoisotopic (exact) mass is 275 g/mol. The number of carbonyl (C=O) groups excluding carboxylic acids is 1. The van der Waals surface area contributed by atoms with E-state index in [9.17, 15) is 4.79 Å². The van der Waals surface area contributed by atoms with Gasteiger partial charge in [0.2, 0.25) is 0 Å². The maximum Gasteiger partial charge on any atom is 0.348 e. The van der Waals surface area contributed by atoms with E-state index < -0.39 is 5.97 Å². The van der Waals surface area contributed by atoms with Gasteiger partial charge in [-0.2, -0.15) is 5.26 Å². The lowest BCUT2D eigenvalue weighted by Crippen LogP contribution is -2.02. The van der Waals surface area contributed by atoms with E-state index in [1.165, 1.54) is 20.3 Å². The Morgan fingerprint density at radius 3 is 2.65 bits per heavy atom. The second-order valence-electron chi connectivity index (χ2n) is 3.92. The number of carbonyl (C=O) groups is 1. The van der Waals surface area contributed by atoms with Crippen LogP contribution in [0.15, 0.2) is 23.8 Å². The molecule has 0 aromatic heterocycles. The molecule has 0 atom stereocenters. The number of rotatable bonds is 6. The van der Waals surface area contributed by atoms with Crippen LogP contribution in [0.25, 0.3) is 6.08 Å². The summed E-state index contributed by atoms with van der Waals surface area (Å²) < 4.78 is 15.3. The molecule has 1 aromatic rings. The van der Waals surface area contributed by atoms with E-state index >= 15 is 0 Å². The summed E-state index contributed by atoms with van der Waals surface area (Å²) in [6, 6.07) is 6.99. The van der Waals surface area contributed by atoms with Gasteiger partial charge in [0.25, 0.3) is 0 Å². The maximum absolute atomic E-state index is 11.3. The highest BCUT2D eigenvalue weighted by Crippen LogP contribution is 2.29. The van der Waals surface area contributed by atoms with Crippen LogP contribution in [0.3, 0.4) is 0 Å². The summed E-state index contributed by atoms with van der Waals surface area (Å²) in [6.45, 7) is 2.61. The zero-order valence-electron chi connectivity index (χ0n) is 11.8. The van der Waals surface area contributed by atoms with Gasteiger partial charge >= 0.3 is 5.97 Å². The molecule has 0 saturated heterocycles. The number of ether oxygens (including phenoxy) is 3.